The van der Waals surface area contributed by atoms with E-state index in [4.69, 9.17) is 19.9 Å². The zero-order valence-corrected chi connectivity index (χ0v) is 35.2. The van der Waals surface area contributed by atoms with Crippen LogP contribution in [0, 0.1) is 17.3 Å². The molecule has 0 bridgehead atoms. The second-order valence-corrected chi connectivity index (χ2v) is 15.8. The van der Waals surface area contributed by atoms with Gasteiger partial charge in [0.15, 0.2) is 5.78 Å². The van der Waals surface area contributed by atoms with E-state index in [1.807, 2.05) is 20.8 Å². The molecule has 17 heteroatoms. The number of nitrogens with one attached hydrogen (secondary N) is 4. The first-order chi connectivity index (χ1) is 28.0. The number of carbonyl (C=O) groups is 8. The molecule has 1 aromatic rings. The summed E-state index contributed by atoms with van der Waals surface area (Å²) in [5.74, 6) is -2.56. The number of alkyl carbamates (subject to hydrolysis) is 1. The molecule has 0 aliphatic carbocycles. The molecule has 17 nitrogen and oxygen atoms in total. The van der Waals surface area contributed by atoms with Crippen LogP contribution in [0.25, 0.3) is 0 Å². The summed E-state index contributed by atoms with van der Waals surface area (Å²) in [6, 6.07) is 5.14. The largest absolute Gasteiger partial charge is 0.445 e. The van der Waals surface area contributed by atoms with Gasteiger partial charge >= 0.3 is 12.1 Å². The zero-order chi connectivity index (χ0) is 43.8. The highest BCUT2D eigenvalue weighted by Gasteiger charge is 2.30. The Balaban J connectivity index is 1.78. The quantitative estimate of drug-likeness (QED) is 0.0573. The van der Waals surface area contributed by atoms with Crippen molar-refractivity contribution in [2.75, 3.05) is 51.4 Å². The van der Waals surface area contributed by atoms with E-state index in [1.165, 1.54) is 12.2 Å². The summed E-state index contributed by atoms with van der Waals surface area (Å²) in [5.41, 5.74) is 5.96. The molecule has 0 aromatic heterocycles. The smallest absolute Gasteiger partial charge is 0.407 e. The van der Waals surface area contributed by atoms with E-state index in [0.29, 0.717) is 69.6 Å². The molecule has 328 valence electrons. The molecule has 1 aromatic carbocycles. The Morgan fingerprint density at radius 3 is 2.07 bits per heavy atom. The van der Waals surface area contributed by atoms with Crippen LogP contribution in [0.4, 0.5) is 15.3 Å². The highest BCUT2D eigenvalue weighted by Crippen LogP contribution is 2.20. The van der Waals surface area contributed by atoms with Crippen LogP contribution in [-0.2, 0) is 49.6 Å². The number of hydrogen-bond acceptors (Lipinski definition) is 11. The zero-order valence-electron chi connectivity index (χ0n) is 35.2. The van der Waals surface area contributed by atoms with Crippen LogP contribution in [0.1, 0.15) is 98.0 Å². The highest BCUT2D eigenvalue weighted by atomic mass is 16.5. The Morgan fingerprint density at radius 1 is 0.780 bits per heavy atom. The van der Waals surface area contributed by atoms with Gasteiger partial charge in [-0.25, -0.2) is 9.59 Å². The number of carbonyl (C=O) groups excluding carboxylic acids is 8. The summed E-state index contributed by atoms with van der Waals surface area (Å²) in [6.45, 7) is 11.5. The van der Waals surface area contributed by atoms with Crippen molar-refractivity contribution in [2.24, 2.45) is 23.0 Å². The number of urea groups is 1. The topological polar surface area (TPSA) is 242 Å². The number of rotatable bonds is 29. The van der Waals surface area contributed by atoms with Gasteiger partial charge in [0.25, 0.3) is 11.8 Å². The first-order valence-electron chi connectivity index (χ1n) is 20.4. The van der Waals surface area contributed by atoms with Crippen molar-refractivity contribution in [3.8, 4) is 0 Å². The first kappa shape index (κ1) is 50.0. The van der Waals surface area contributed by atoms with E-state index >= 15 is 0 Å². The number of amides is 7. The third-order valence-electron chi connectivity index (χ3n) is 9.37. The molecule has 1 aliphatic heterocycles. The lowest BCUT2D eigenvalue weighted by Gasteiger charge is -2.24. The monoisotopic (exact) mass is 828 g/mol. The predicted molar refractivity (Wildman–Crippen MR) is 220 cm³/mol. The number of Topliss-reactive ketones (excluding diaryl/α,β-unsaturated/α-hetero) is 2. The van der Waals surface area contributed by atoms with Gasteiger partial charge in [0.1, 0.15) is 12.4 Å². The summed E-state index contributed by atoms with van der Waals surface area (Å²) in [5, 5.41) is 10.7. The Labute approximate surface area is 347 Å². The summed E-state index contributed by atoms with van der Waals surface area (Å²) in [7, 11) is 0. The van der Waals surface area contributed by atoms with Gasteiger partial charge in [-0.1, -0.05) is 53.2 Å². The number of anilines is 1. The van der Waals surface area contributed by atoms with Crippen molar-refractivity contribution >= 4 is 53.0 Å². The average Bonchev–Trinajstić information content (AvgIpc) is 3.50. The van der Waals surface area contributed by atoms with Crippen LogP contribution in [0.5, 0.6) is 0 Å². The lowest BCUT2D eigenvalue weighted by molar-refractivity contribution is -0.137. The molecular weight excluding hydrogens is 764 g/mol. The fourth-order valence-electron chi connectivity index (χ4n) is 5.89. The average molecular weight is 829 g/mol. The lowest BCUT2D eigenvalue weighted by Crippen LogP contribution is -2.45. The molecule has 2 atom stereocenters. The van der Waals surface area contributed by atoms with E-state index in [9.17, 15) is 38.4 Å². The van der Waals surface area contributed by atoms with E-state index in [0.717, 1.165) is 4.90 Å². The fourth-order valence-corrected chi connectivity index (χ4v) is 5.89. The third-order valence-corrected chi connectivity index (χ3v) is 9.37. The van der Waals surface area contributed by atoms with Gasteiger partial charge in [-0.2, -0.15) is 0 Å². The van der Waals surface area contributed by atoms with Gasteiger partial charge in [-0.05, 0) is 55.7 Å². The number of hydrogen-bond donors (Lipinski definition) is 5. The summed E-state index contributed by atoms with van der Waals surface area (Å²) < 4.78 is 16.2. The van der Waals surface area contributed by atoms with Gasteiger partial charge in [0.05, 0.1) is 25.9 Å². The van der Waals surface area contributed by atoms with Gasteiger partial charge < -0.3 is 41.2 Å². The second-order valence-electron chi connectivity index (χ2n) is 15.8. The van der Waals surface area contributed by atoms with Crippen molar-refractivity contribution in [3.63, 3.8) is 0 Å². The van der Waals surface area contributed by atoms with Crippen LogP contribution >= 0.6 is 0 Å². The minimum absolute atomic E-state index is 0.0168. The minimum Gasteiger partial charge on any atom is -0.445 e. The predicted octanol–water partition coefficient (Wildman–Crippen LogP) is 3.93. The maximum atomic E-state index is 13.6. The van der Waals surface area contributed by atoms with Crippen LogP contribution in [-0.4, -0.2) is 104 Å². The second kappa shape index (κ2) is 26.8. The van der Waals surface area contributed by atoms with E-state index < -0.39 is 30.0 Å². The molecule has 59 heavy (non-hydrogen) atoms. The summed E-state index contributed by atoms with van der Waals surface area (Å²) in [4.78, 5) is 99.7. The van der Waals surface area contributed by atoms with Crippen LogP contribution in [0.15, 0.2) is 36.4 Å². The third kappa shape index (κ3) is 20.9. The van der Waals surface area contributed by atoms with Gasteiger partial charge in [0, 0.05) is 74.7 Å². The van der Waals surface area contributed by atoms with Crippen molar-refractivity contribution in [3.05, 3.63) is 42.0 Å². The normalized spacial score (nSPS) is 13.6. The molecule has 2 rings (SSSR count). The Hall–Kier alpha value is -5.16. The van der Waals surface area contributed by atoms with Gasteiger partial charge in [-0.3, -0.25) is 33.7 Å². The van der Waals surface area contributed by atoms with Crippen LogP contribution in [0.3, 0.4) is 0 Å². The molecule has 0 radical (unpaired) electrons. The number of nitrogens with two attached hydrogens (primary N) is 1. The van der Waals surface area contributed by atoms with Crippen molar-refractivity contribution in [2.45, 2.75) is 105 Å². The summed E-state index contributed by atoms with van der Waals surface area (Å²) >= 11 is 0. The Kier molecular flexibility index (Phi) is 22.7. The molecule has 0 fully saturated rings. The van der Waals surface area contributed by atoms with Crippen molar-refractivity contribution in [1.29, 1.82) is 0 Å². The van der Waals surface area contributed by atoms with Crippen LogP contribution in [0.2, 0.25) is 0 Å². The van der Waals surface area contributed by atoms with E-state index in [2.05, 4.69) is 21.3 Å². The maximum absolute atomic E-state index is 13.6. The molecular formula is C42H64N6O11. The maximum Gasteiger partial charge on any atom is 0.407 e. The van der Waals surface area contributed by atoms with Crippen LogP contribution < -0.4 is 27.0 Å². The Bertz CT molecular complexity index is 1570. The lowest BCUT2D eigenvalue weighted by atomic mass is 9.88. The number of benzene rings is 1. The molecule has 7 amide bonds. The van der Waals surface area contributed by atoms with E-state index in [-0.39, 0.29) is 92.7 Å². The van der Waals surface area contributed by atoms with Gasteiger partial charge in [-0.15, -0.1) is 0 Å². The van der Waals surface area contributed by atoms with Gasteiger partial charge in [0.2, 0.25) is 11.8 Å². The first-order valence-corrected chi connectivity index (χ1v) is 20.4. The number of ketones is 2. The number of ether oxygens (including phenoxy) is 3. The molecule has 6 N–H and O–H groups in total. The summed E-state index contributed by atoms with van der Waals surface area (Å²) in [6.07, 6.45) is 5.26. The van der Waals surface area contributed by atoms with Crippen molar-refractivity contribution in [1.82, 2.24) is 20.9 Å². The molecule has 1 heterocycles. The number of primary amides is 1. The number of nitrogens with zero attached hydrogens (tertiary/aromatic N) is 1. The fraction of sp³-hybridized carbons (Fsp3) is 0.619. The highest BCUT2D eigenvalue weighted by molar-refractivity contribution is 6.12. The van der Waals surface area contributed by atoms with Crippen molar-refractivity contribution < 1.29 is 52.6 Å². The molecule has 0 spiro atoms. The minimum atomic E-state index is -0.829. The molecule has 0 saturated carbocycles. The SMILES string of the molecule is CC(C)[C@@H](NC(=O)CCCCCN1C(=O)C=CC1=O)C(=O)C[C@H](CCCNC(N)=O)C(=O)Nc1ccc(COC(=O)NCCOCCOCCCC(=O)C(C)(C)C)cc1. The number of unbranched alkanes of at least 4 members (excludes halogenated alkanes) is 2. The molecule has 1 aliphatic rings. The number of imide groups is 1. The standard InChI is InChI=1S/C42H64N6O11/c1-29(2)38(47-35(51)13-7-6-8-22-48-36(52)18-19-37(48)53)33(49)27-31(11-9-20-44-40(43)55)39(54)46-32-16-14-30(15-17-32)28-59-41(56)45-21-24-58-26-25-57-23-10-12-34(50)42(3,4)5/h14-19,29,31,38H,6-13,20-28H2,1-5H3,(H,45,56)(H,46,54)(H,47,51)(H3,43,44,55)/t31-,38+/m0/s1. The van der Waals surface area contributed by atoms with E-state index in [1.54, 1.807) is 38.1 Å². The molecule has 0 unspecified atom stereocenters. The molecule has 0 saturated heterocycles. The Morgan fingerprint density at radius 2 is 1.44 bits per heavy atom.